The molecule has 27 heavy (non-hydrogen) atoms. The highest BCUT2D eigenvalue weighted by Gasteiger charge is 2.08. The monoisotopic (exact) mass is 462 g/mol. The Bertz CT molecular complexity index is 880. The van der Waals surface area contributed by atoms with Crippen LogP contribution in [0.5, 0.6) is 5.75 Å². The summed E-state index contributed by atoms with van der Waals surface area (Å²) in [6, 6.07) is 15.9. The van der Waals surface area contributed by atoms with Gasteiger partial charge in [-0.15, -0.1) is 11.3 Å². The predicted molar refractivity (Wildman–Crippen MR) is 114 cm³/mol. The van der Waals surface area contributed by atoms with E-state index in [-0.39, 0.29) is 5.91 Å². The molecule has 1 N–H and O–H groups in total. The van der Waals surface area contributed by atoms with E-state index >= 15 is 0 Å². The van der Waals surface area contributed by atoms with Gasteiger partial charge in [-0.05, 0) is 35.4 Å². The maximum atomic E-state index is 12.1. The molecule has 1 heterocycles. The number of thioether (sulfide) groups is 1. The van der Waals surface area contributed by atoms with Gasteiger partial charge in [-0.25, -0.2) is 4.98 Å². The number of halogens is 1. The van der Waals surface area contributed by atoms with Gasteiger partial charge >= 0.3 is 0 Å². The molecule has 3 aromatic rings. The Morgan fingerprint density at radius 3 is 2.56 bits per heavy atom. The SMILES string of the molecule is COc1ccc(CNC(=O)Cc2csc(SCc3ccc(Br)cc3)n2)cc1. The molecule has 0 atom stereocenters. The Kier molecular flexibility index (Phi) is 7.32. The summed E-state index contributed by atoms with van der Waals surface area (Å²) in [6.45, 7) is 0.498. The van der Waals surface area contributed by atoms with Crippen LogP contribution in [0.15, 0.2) is 62.7 Å². The quantitative estimate of drug-likeness (QED) is 0.475. The van der Waals surface area contributed by atoms with Gasteiger partial charge in [0.1, 0.15) is 10.1 Å². The molecule has 0 bridgehead atoms. The third kappa shape index (κ3) is 6.37. The van der Waals surface area contributed by atoms with Crippen LogP contribution in [-0.2, 0) is 23.5 Å². The highest BCUT2D eigenvalue weighted by molar-refractivity contribution is 9.10. The van der Waals surface area contributed by atoms with Crippen molar-refractivity contribution in [2.75, 3.05) is 7.11 Å². The van der Waals surface area contributed by atoms with E-state index in [4.69, 9.17) is 4.74 Å². The molecule has 0 unspecified atom stereocenters. The molecule has 0 radical (unpaired) electrons. The van der Waals surface area contributed by atoms with E-state index in [1.807, 2.05) is 41.8 Å². The van der Waals surface area contributed by atoms with Gasteiger partial charge in [0.2, 0.25) is 5.91 Å². The molecule has 1 amide bonds. The smallest absolute Gasteiger partial charge is 0.226 e. The number of nitrogens with one attached hydrogen (secondary N) is 1. The second-order valence-electron chi connectivity index (χ2n) is 5.82. The van der Waals surface area contributed by atoms with Crippen molar-refractivity contribution < 1.29 is 9.53 Å². The second kappa shape index (κ2) is 9.92. The van der Waals surface area contributed by atoms with Gasteiger partial charge in [0.05, 0.1) is 19.2 Å². The van der Waals surface area contributed by atoms with Crippen LogP contribution in [0.3, 0.4) is 0 Å². The zero-order chi connectivity index (χ0) is 19.1. The topological polar surface area (TPSA) is 51.2 Å². The molecule has 140 valence electrons. The van der Waals surface area contributed by atoms with Gasteiger partial charge < -0.3 is 10.1 Å². The van der Waals surface area contributed by atoms with Crippen molar-refractivity contribution in [2.45, 2.75) is 23.1 Å². The van der Waals surface area contributed by atoms with Crippen LogP contribution in [0.4, 0.5) is 0 Å². The minimum absolute atomic E-state index is 0.0272. The van der Waals surface area contributed by atoms with Gasteiger partial charge in [0.25, 0.3) is 0 Å². The molecule has 0 aliphatic rings. The maximum Gasteiger partial charge on any atom is 0.226 e. The van der Waals surface area contributed by atoms with E-state index in [9.17, 15) is 4.79 Å². The molecule has 0 spiro atoms. The van der Waals surface area contributed by atoms with E-state index in [2.05, 4.69) is 38.4 Å². The molecule has 0 saturated heterocycles. The molecular weight excluding hydrogens is 444 g/mol. The van der Waals surface area contributed by atoms with Crippen LogP contribution < -0.4 is 10.1 Å². The highest BCUT2D eigenvalue weighted by Crippen LogP contribution is 2.27. The summed E-state index contributed by atoms with van der Waals surface area (Å²) in [6.07, 6.45) is 0.297. The number of amides is 1. The van der Waals surface area contributed by atoms with Crippen molar-refractivity contribution in [1.29, 1.82) is 0 Å². The van der Waals surface area contributed by atoms with E-state index < -0.39 is 0 Å². The number of methoxy groups -OCH3 is 1. The summed E-state index contributed by atoms with van der Waals surface area (Å²) >= 11 is 6.71. The molecular formula is C20H19BrN2O2S2. The summed E-state index contributed by atoms with van der Waals surface area (Å²) in [5.74, 6) is 1.64. The van der Waals surface area contributed by atoms with Crippen LogP contribution >= 0.6 is 39.0 Å². The number of benzene rings is 2. The molecule has 4 nitrogen and oxygen atoms in total. The lowest BCUT2D eigenvalue weighted by Gasteiger charge is -2.05. The summed E-state index contributed by atoms with van der Waals surface area (Å²) in [5, 5.41) is 4.89. The molecule has 3 rings (SSSR count). The largest absolute Gasteiger partial charge is 0.497 e. The minimum atomic E-state index is -0.0272. The lowest BCUT2D eigenvalue weighted by molar-refractivity contribution is -0.120. The molecule has 0 fully saturated rings. The van der Waals surface area contributed by atoms with Crippen LogP contribution in [-0.4, -0.2) is 18.0 Å². The molecule has 1 aromatic heterocycles. The Morgan fingerprint density at radius 1 is 1.15 bits per heavy atom. The van der Waals surface area contributed by atoms with Gasteiger partial charge in [-0.1, -0.05) is 52.0 Å². The normalized spacial score (nSPS) is 10.6. The average molecular weight is 463 g/mol. The Labute approximate surface area is 175 Å². The fourth-order valence-electron chi connectivity index (χ4n) is 2.33. The van der Waals surface area contributed by atoms with Gasteiger partial charge in [-0.2, -0.15) is 0 Å². The van der Waals surface area contributed by atoms with Crippen molar-refractivity contribution in [3.63, 3.8) is 0 Å². The Balaban J connectivity index is 1.44. The first-order valence-corrected chi connectivity index (χ1v) is 11.0. The number of hydrogen-bond donors (Lipinski definition) is 1. The van der Waals surface area contributed by atoms with Gasteiger partial charge in [-0.3, -0.25) is 4.79 Å². The van der Waals surface area contributed by atoms with Crippen LogP contribution in [0, 0.1) is 0 Å². The molecule has 0 aliphatic heterocycles. The number of thiazole rings is 1. The summed E-state index contributed by atoms with van der Waals surface area (Å²) in [4.78, 5) is 16.7. The molecule has 0 aliphatic carbocycles. The number of rotatable bonds is 8. The predicted octanol–water partition coefficient (Wildman–Crippen LogP) is 5.07. The van der Waals surface area contributed by atoms with Crippen molar-refractivity contribution in [1.82, 2.24) is 10.3 Å². The van der Waals surface area contributed by atoms with Gasteiger partial charge in [0.15, 0.2) is 0 Å². The third-order valence-corrected chi connectivity index (χ3v) is 6.47. The summed E-state index contributed by atoms with van der Waals surface area (Å²) < 4.78 is 7.19. The number of hydrogen-bond acceptors (Lipinski definition) is 5. The first-order valence-electron chi connectivity index (χ1n) is 8.33. The zero-order valence-corrected chi connectivity index (χ0v) is 18.0. The molecule has 0 saturated carbocycles. The fourth-order valence-corrected chi connectivity index (χ4v) is 4.40. The van der Waals surface area contributed by atoms with E-state index in [1.165, 1.54) is 5.56 Å². The van der Waals surface area contributed by atoms with Crippen LogP contribution in [0.25, 0.3) is 0 Å². The number of carbonyl (C=O) groups is 1. The first kappa shape index (κ1) is 19.9. The lowest BCUT2D eigenvalue weighted by atomic mass is 10.2. The first-order chi connectivity index (χ1) is 13.1. The molecule has 2 aromatic carbocycles. The zero-order valence-electron chi connectivity index (χ0n) is 14.8. The summed E-state index contributed by atoms with van der Waals surface area (Å²) in [7, 11) is 1.63. The maximum absolute atomic E-state index is 12.1. The van der Waals surface area contributed by atoms with Crippen molar-refractivity contribution in [3.05, 3.63) is 75.2 Å². The second-order valence-corrected chi connectivity index (χ2v) is 8.82. The van der Waals surface area contributed by atoms with Crippen molar-refractivity contribution >= 4 is 44.9 Å². The number of ether oxygens (including phenoxy) is 1. The lowest BCUT2D eigenvalue weighted by Crippen LogP contribution is -2.24. The van der Waals surface area contributed by atoms with E-state index in [0.29, 0.717) is 13.0 Å². The Morgan fingerprint density at radius 2 is 1.85 bits per heavy atom. The molecule has 7 heteroatoms. The van der Waals surface area contributed by atoms with E-state index in [0.717, 1.165) is 31.6 Å². The number of aromatic nitrogens is 1. The van der Waals surface area contributed by atoms with Crippen molar-refractivity contribution in [3.8, 4) is 5.75 Å². The standard InChI is InChI=1S/C20H19BrN2O2S2/c1-25-18-8-4-14(5-9-18)11-22-19(24)10-17-13-27-20(23-17)26-12-15-2-6-16(21)7-3-15/h2-9,13H,10-12H2,1H3,(H,22,24). The summed E-state index contributed by atoms with van der Waals surface area (Å²) in [5.41, 5.74) is 3.09. The van der Waals surface area contributed by atoms with Crippen LogP contribution in [0.2, 0.25) is 0 Å². The fraction of sp³-hybridized carbons (Fsp3) is 0.200. The van der Waals surface area contributed by atoms with Gasteiger partial charge in [0, 0.05) is 22.2 Å². The Hall–Kier alpha value is -1.83. The highest BCUT2D eigenvalue weighted by atomic mass is 79.9. The van der Waals surface area contributed by atoms with Crippen molar-refractivity contribution in [2.24, 2.45) is 0 Å². The average Bonchev–Trinajstić information content (AvgIpc) is 3.13. The number of carbonyl (C=O) groups excluding carboxylic acids is 1. The minimum Gasteiger partial charge on any atom is -0.497 e. The van der Waals surface area contributed by atoms with Crippen LogP contribution in [0.1, 0.15) is 16.8 Å². The third-order valence-electron chi connectivity index (χ3n) is 3.80. The number of nitrogens with zero attached hydrogens (tertiary/aromatic N) is 1. The van der Waals surface area contributed by atoms with E-state index in [1.54, 1.807) is 30.2 Å².